The molecule has 0 radical (unpaired) electrons. The van der Waals surface area contributed by atoms with E-state index in [1.54, 1.807) is 12.1 Å². The fourth-order valence-corrected chi connectivity index (χ4v) is 2.29. The summed E-state index contributed by atoms with van der Waals surface area (Å²) in [6, 6.07) is 9.46. The second-order valence-electron chi connectivity index (χ2n) is 5.44. The average Bonchev–Trinajstić information content (AvgIpc) is 2.27. The maximum absolute atomic E-state index is 11.7. The van der Waals surface area contributed by atoms with Gasteiger partial charge in [-0.1, -0.05) is 26.0 Å². The first kappa shape index (κ1) is 12.4. The molecule has 1 aromatic carbocycles. The van der Waals surface area contributed by atoms with Crippen molar-refractivity contribution in [3.05, 3.63) is 41.6 Å². The van der Waals surface area contributed by atoms with Crippen LogP contribution in [0.1, 0.15) is 32.3 Å². The first-order valence-electron chi connectivity index (χ1n) is 6.00. The molecule has 0 amide bonds. The van der Waals surface area contributed by atoms with Crippen molar-refractivity contribution >= 4 is 11.5 Å². The standard InChI is InChI=1S/C15H16N2O/c1-15(2)8-12(7-13(18)9-15)17-14-6-4-3-5-11(14)10-16/h3-7,17H,8-9H2,1-2H3. The molecule has 0 fully saturated rings. The number of hydrogen-bond acceptors (Lipinski definition) is 3. The predicted octanol–water partition coefficient (Wildman–Crippen LogP) is 3.24. The molecule has 92 valence electrons. The molecule has 2 rings (SSSR count). The Morgan fingerprint density at radius 3 is 2.67 bits per heavy atom. The van der Waals surface area contributed by atoms with E-state index in [0.29, 0.717) is 12.0 Å². The Morgan fingerprint density at radius 2 is 2.00 bits per heavy atom. The number of allylic oxidation sites excluding steroid dienone is 2. The van der Waals surface area contributed by atoms with Crippen LogP contribution in [-0.2, 0) is 4.79 Å². The van der Waals surface area contributed by atoms with Crippen molar-refractivity contribution in [1.82, 2.24) is 0 Å². The third-order valence-corrected chi connectivity index (χ3v) is 3.00. The summed E-state index contributed by atoms with van der Waals surface area (Å²) in [7, 11) is 0. The monoisotopic (exact) mass is 240 g/mol. The van der Waals surface area contributed by atoms with Crippen LogP contribution in [0.15, 0.2) is 36.0 Å². The third-order valence-electron chi connectivity index (χ3n) is 3.00. The molecule has 18 heavy (non-hydrogen) atoms. The van der Waals surface area contributed by atoms with Crippen LogP contribution in [0.4, 0.5) is 5.69 Å². The lowest BCUT2D eigenvalue weighted by atomic mass is 9.79. The summed E-state index contributed by atoms with van der Waals surface area (Å²) >= 11 is 0. The zero-order chi connectivity index (χ0) is 13.2. The largest absolute Gasteiger partial charge is 0.358 e. The van der Waals surface area contributed by atoms with E-state index in [-0.39, 0.29) is 11.2 Å². The van der Waals surface area contributed by atoms with Crippen LogP contribution >= 0.6 is 0 Å². The van der Waals surface area contributed by atoms with E-state index in [2.05, 4.69) is 25.2 Å². The van der Waals surface area contributed by atoms with Gasteiger partial charge < -0.3 is 5.32 Å². The number of benzene rings is 1. The lowest BCUT2D eigenvalue weighted by molar-refractivity contribution is -0.117. The molecule has 1 aliphatic carbocycles. The lowest BCUT2D eigenvalue weighted by Crippen LogP contribution is -2.24. The van der Waals surface area contributed by atoms with Crippen LogP contribution in [0.3, 0.4) is 0 Å². The maximum Gasteiger partial charge on any atom is 0.157 e. The summed E-state index contributed by atoms with van der Waals surface area (Å²) in [5.74, 6) is 0.142. The number of ketones is 1. The maximum atomic E-state index is 11.7. The fraction of sp³-hybridized carbons (Fsp3) is 0.333. The summed E-state index contributed by atoms with van der Waals surface area (Å²) in [6.45, 7) is 4.16. The Balaban J connectivity index is 2.25. The van der Waals surface area contributed by atoms with Crippen molar-refractivity contribution in [2.75, 3.05) is 5.32 Å². The second kappa shape index (κ2) is 4.66. The zero-order valence-corrected chi connectivity index (χ0v) is 10.7. The van der Waals surface area contributed by atoms with Gasteiger partial charge in [0, 0.05) is 18.2 Å². The SMILES string of the molecule is CC1(C)CC(=O)C=C(Nc2ccccc2C#N)C1. The van der Waals surface area contributed by atoms with Gasteiger partial charge in [-0.05, 0) is 24.0 Å². The average molecular weight is 240 g/mol. The molecule has 0 aliphatic heterocycles. The Morgan fingerprint density at radius 1 is 1.28 bits per heavy atom. The second-order valence-corrected chi connectivity index (χ2v) is 5.44. The Labute approximate surface area is 107 Å². The number of nitrogens with one attached hydrogen (secondary N) is 1. The van der Waals surface area contributed by atoms with Gasteiger partial charge in [0.2, 0.25) is 0 Å². The van der Waals surface area contributed by atoms with Gasteiger partial charge in [-0.2, -0.15) is 5.26 Å². The van der Waals surface area contributed by atoms with E-state index < -0.39 is 0 Å². The van der Waals surface area contributed by atoms with Gasteiger partial charge >= 0.3 is 0 Å². The minimum absolute atomic E-state index is 0.0181. The highest BCUT2D eigenvalue weighted by Gasteiger charge is 2.27. The number of nitrogens with zero attached hydrogens (tertiary/aromatic N) is 1. The molecule has 0 atom stereocenters. The molecule has 0 saturated carbocycles. The summed E-state index contributed by atoms with van der Waals surface area (Å²) < 4.78 is 0. The van der Waals surface area contributed by atoms with Crippen LogP contribution in [0.5, 0.6) is 0 Å². The van der Waals surface area contributed by atoms with Crippen molar-refractivity contribution in [3.63, 3.8) is 0 Å². The minimum atomic E-state index is -0.0181. The van der Waals surface area contributed by atoms with Crippen molar-refractivity contribution in [2.45, 2.75) is 26.7 Å². The number of rotatable bonds is 2. The molecule has 1 N–H and O–H groups in total. The quantitative estimate of drug-likeness (QED) is 0.863. The molecular formula is C15H16N2O. The molecular weight excluding hydrogens is 224 g/mol. The van der Waals surface area contributed by atoms with E-state index in [9.17, 15) is 4.79 Å². The molecule has 0 spiro atoms. The van der Waals surface area contributed by atoms with Gasteiger partial charge in [-0.15, -0.1) is 0 Å². The van der Waals surface area contributed by atoms with E-state index >= 15 is 0 Å². The number of carbonyl (C=O) groups is 1. The highest BCUT2D eigenvalue weighted by Crippen LogP contribution is 2.34. The van der Waals surface area contributed by atoms with Crippen molar-refractivity contribution in [2.24, 2.45) is 5.41 Å². The third kappa shape index (κ3) is 2.78. The molecule has 0 aromatic heterocycles. The highest BCUT2D eigenvalue weighted by molar-refractivity contribution is 5.92. The van der Waals surface area contributed by atoms with Gasteiger partial charge in [0.25, 0.3) is 0 Å². The smallest absolute Gasteiger partial charge is 0.157 e. The number of para-hydroxylation sites is 1. The molecule has 3 nitrogen and oxygen atoms in total. The molecule has 0 bridgehead atoms. The summed E-state index contributed by atoms with van der Waals surface area (Å²) in [5, 5.41) is 12.2. The van der Waals surface area contributed by atoms with Gasteiger partial charge in [0.15, 0.2) is 5.78 Å². The molecule has 0 heterocycles. The predicted molar refractivity (Wildman–Crippen MR) is 70.9 cm³/mol. The number of anilines is 1. The van der Waals surface area contributed by atoms with Gasteiger partial charge in [-0.25, -0.2) is 0 Å². The Bertz CT molecular complexity index is 550. The van der Waals surface area contributed by atoms with Crippen molar-refractivity contribution in [1.29, 1.82) is 5.26 Å². The van der Waals surface area contributed by atoms with Crippen LogP contribution in [0, 0.1) is 16.7 Å². The molecule has 1 aliphatic rings. The zero-order valence-electron chi connectivity index (χ0n) is 10.7. The van der Waals surface area contributed by atoms with Gasteiger partial charge in [0.1, 0.15) is 6.07 Å². The molecule has 0 saturated heterocycles. The normalized spacial score (nSPS) is 17.8. The summed E-state index contributed by atoms with van der Waals surface area (Å²) in [4.78, 5) is 11.7. The summed E-state index contributed by atoms with van der Waals surface area (Å²) in [5.41, 5.74) is 2.22. The number of nitriles is 1. The van der Waals surface area contributed by atoms with Crippen molar-refractivity contribution in [3.8, 4) is 6.07 Å². The van der Waals surface area contributed by atoms with E-state index in [1.165, 1.54) is 0 Å². The number of hydrogen-bond donors (Lipinski definition) is 1. The van der Waals surface area contributed by atoms with Crippen LogP contribution in [0.25, 0.3) is 0 Å². The topological polar surface area (TPSA) is 52.9 Å². The first-order valence-corrected chi connectivity index (χ1v) is 6.00. The van der Waals surface area contributed by atoms with E-state index in [1.807, 2.05) is 18.2 Å². The Hall–Kier alpha value is -2.08. The Kier molecular flexibility index (Phi) is 3.20. The molecule has 3 heteroatoms. The minimum Gasteiger partial charge on any atom is -0.358 e. The van der Waals surface area contributed by atoms with Crippen LogP contribution in [0.2, 0.25) is 0 Å². The van der Waals surface area contributed by atoms with Crippen LogP contribution < -0.4 is 5.32 Å². The van der Waals surface area contributed by atoms with Crippen molar-refractivity contribution < 1.29 is 4.79 Å². The van der Waals surface area contributed by atoms with Crippen LogP contribution in [-0.4, -0.2) is 5.78 Å². The lowest BCUT2D eigenvalue weighted by Gasteiger charge is -2.29. The molecule has 1 aromatic rings. The first-order chi connectivity index (χ1) is 8.50. The van der Waals surface area contributed by atoms with E-state index in [4.69, 9.17) is 5.26 Å². The fourth-order valence-electron chi connectivity index (χ4n) is 2.29. The van der Waals surface area contributed by atoms with Gasteiger partial charge in [-0.3, -0.25) is 4.79 Å². The summed E-state index contributed by atoms with van der Waals surface area (Å²) in [6.07, 6.45) is 3.05. The van der Waals surface area contributed by atoms with E-state index in [0.717, 1.165) is 17.8 Å². The van der Waals surface area contributed by atoms with Gasteiger partial charge in [0.05, 0.1) is 11.3 Å². The number of carbonyl (C=O) groups excluding carboxylic acids is 1. The molecule has 0 unspecified atom stereocenters. The highest BCUT2D eigenvalue weighted by atomic mass is 16.1.